The number of carbonyl (C=O) groups excluding carboxylic acids is 2. The van der Waals surface area contributed by atoms with Crippen LogP contribution in [0, 0.1) is 0 Å². The van der Waals surface area contributed by atoms with Gasteiger partial charge >= 0.3 is 6.18 Å². The highest BCUT2D eigenvalue weighted by Crippen LogP contribution is 2.39. The minimum atomic E-state index is -4.40. The highest BCUT2D eigenvalue weighted by molar-refractivity contribution is 5.97. The molecule has 0 saturated carbocycles. The first-order valence-corrected chi connectivity index (χ1v) is 7.62. The highest BCUT2D eigenvalue weighted by atomic mass is 19.4. The first-order chi connectivity index (χ1) is 11.7. The number of anilines is 2. The topological polar surface area (TPSA) is 58.2 Å². The molecule has 2 N–H and O–H groups in total. The van der Waals surface area contributed by atoms with E-state index >= 15 is 0 Å². The van der Waals surface area contributed by atoms with Gasteiger partial charge in [0.1, 0.15) is 0 Å². The van der Waals surface area contributed by atoms with Crippen molar-refractivity contribution in [1.29, 1.82) is 0 Å². The van der Waals surface area contributed by atoms with Crippen LogP contribution in [0.15, 0.2) is 42.5 Å². The molecule has 0 saturated heterocycles. The van der Waals surface area contributed by atoms with Crippen LogP contribution in [0.3, 0.4) is 0 Å². The van der Waals surface area contributed by atoms with E-state index < -0.39 is 11.7 Å². The monoisotopic (exact) mass is 348 g/mol. The van der Waals surface area contributed by atoms with E-state index in [1.165, 1.54) is 19.1 Å². The van der Waals surface area contributed by atoms with E-state index in [1.807, 2.05) is 0 Å². The molecule has 2 aromatic carbocycles. The average molecular weight is 348 g/mol. The molecule has 130 valence electrons. The molecule has 0 radical (unpaired) electrons. The predicted molar refractivity (Wildman–Crippen MR) is 87.3 cm³/mol. The molecule has 0 bridgehead atoms. The summed E-state index contributed by atoms with van der Waals surface area (Å²) in [7, 11) is 0. The fourth-order valence-corrected chi connectivity index (χ4v) is 2.95. The number of hydrogen-bond donors (Lipinski definition) is 2. The molecular weight excluding hydrogens is 333 g/mol. The van der Waals surface area contributed by atoms with Crippen LogP contribution >= 0.6 is 0 Å². The summed E-state index contributed by atoms with van der Waals surface area (Å²) in [5, 5.41) is 5.37. The molecule has 0 aromatic heterocycles. The second-order valence-electron chi connectivity index (χ2n) is 5.91. The Morgan fingerprint density at radius 2 is 1.84 bits per heavy atom. The molecule has 0 spiro atoms. The molecule has 0 fully saturated rings. The first kappa shape index (κ1) is 17.0. The van der Waals surface area contributed by atoms with E-state index in [4.69, 9.17) is 0 Å². The number of fused-ring (bicyclic) bond motifs is 1. The van der Waals surface area contributed by atoms with E-state index in [0.29, 0.717) is 16.9 Å². The van der Waals surface area contributed by atoms with Crippen molar-refractivity contribution in [3.63, 3.8) is 0 Å². The zero-order valence-corrected chi connectivity index (χ0v) is 13.3. The van der Waals surface area contributed by atoms with Gasteiger partial charge in [-0.2, -0.15) is 13.2 Å². The van der Waals surface area contributed by atoms with Crippen LogP contribution in [-0.4, -0.2) is 11.8 Å². The van der Waals surface area contributed by atoms with Gasteiger partial charge in [-0.05, 0) is 35.4 Å². The summed E-state index contributed by atoms with van der Waals surface area (Å²) in [4.78, 5) is 23.1. The normalized spacial score (nSPS) is 16.8. The quantitative estimate of drug-likeness (QED) is 0.857. The number of nitrogens with one attached hydrogen (secondary N) is 2. The van der Waals surface area contributed by atoms with E-state index in [2.05, 4.69) is 10.6 Å². The van der Waals surface area contributed by atoms with Crippen molar-refractivity contribution in [3.8, 4) is 0 Å². The number of rotatable bonds is 2. The molecule has 3 rings (SSSR count). The Morgan fingerprint density at radius 1 is 1.16 bits per heavy atom. The second kappa shape index (κ2) is 6.23. The van der Waals surface area contributed by atoms with Gasteiger partial charge in [-0.25, -0.2) is 0 Å². The lowest BCUT2D eigenvalue weighted by molar-refractivity contribution is -0.137. The van der Waals surface area contributed by atoms with E-state index in [-0.39, 0.29) is 24.2 Å². The van der Waals surface area contributed by atoms with Gasteiger partial charge in [-0.15, -0.1) is 0 Å². The van der Waals surface area contributed by atoms with Gasteiger partial charge in [0.25, 0.3) is 0 Å². The van der Waals surface area contributed by atoms with Gasteiger partial charge in [-0.3, -0.25) is 9.59 Å². The third-order valence-corrected chi connectivity index (χ3v) is 4.05. The van der Waals surface area contributed by atoms with Crippen molar-refractivity contribution in [1.82, 2.24) is 0 Å². The Kier molecular flexibility index (Phi) is 4.24. The second-order valence-corrected chi connectivity index (χ2v) is 5.91. The van der Waals surface area contributed by atoms with E-state index in [0.717, 1.165) is 17.7 Å². The lowest BCUT2D eigenvalue weighted by Crippen LogP contribution is -2.23. The molecule has 1 aliphatic rings. The summed E-state index contributed by atoms with van der Waals surface area (Å²) in [6, 6.07) is 9.96. The summed E-state index contributed by atoms with van der Waals surface area (Å²) in [6.45, 7) is 1.38. The van der Waals surface area contributed by atoms with E-state index in [9.17, 15) is 22.8 Å². The van der Waals surface area contributed by atoms with Crippen LogP contribution in [0.2, 0.25) is 0 Å². The average Bonchev–Trinajstić information content (AvgIpc) is 2.52. The molecule has 25 heavy (non-hydrogen) atoms. The van der Waals surface area contributed by atoms with Crippen molar-refractivity contribution in [2.75, 3.05) is 10.6 Å². The van der Waals surface area contributed by atoms with Gasteiger partial charge in [0.05, 0.1) is 5.56 Å². The molecular formula is C18H15F3N2O2. The summed E-state index contributed by atoms with van der Waals surface area (Å²) in [6.07, 6.45) is -4.24. The van der Waals surface area contributed by atoms with Gasteiger partial charge in [0.2, 0.25) is 11.8 Å². The molecule has 1 heterocycles. The van der Waals surface area contributed by atoms with Gasteiger partial charge < -0.3 is 10.6 Å². The van der Waals surface area contributed by atoms with Crippen molar-refractivity contribution in [2.45, 2.75) is 25.4 Å². The zero-order chi connectivity index (χ0) is 18.2. The van der Waals surface area contributed by atoms with Crippen LogP contribution in [0.4, 0.5) is 24.5 Å². The Hall–Kier alpha value is -2.83. The van der Waals surface area contributed by atoms with Crippen LogP contribution in [0.25, 0.3) is 0 Å². The van der Waals surface area contributed by atoms with Gasteiger partial charge in [0.15, 0.2) is 0 Å². The number of amides is 2. The first-order valence-electron chi connectivity index (χ1n) is 7.62. The summed E-state index contributed by atoms with van der Waals surface area (Å²) in [5.41, 5.74) is 1.80. The number of halogens is 3. The maximum absolute atomic E-state index is 12.7. The molecule has 0 aliphatic carbocycles. The number of hydrogen-bond acceptors (Lipinski definition) is 2. The van der Waals surface area contributed by atoms with Gasteiger partial charge in [-0.1, -0.05) is 18.2 Å². The van der Waals surface area contributed by atoms with E-state index in [1.54, 1.807) is 18.2 Å². The standard InChI is InChI=1S/C18H15F3N2O2/c1-10(24)22-13-6-7-14-15(9-17(25)23-16(14)8-13)11-2-4-12(5-3-11)18(19,20)21/h2-8,15H,9H2,1H3,(H,22,24)(H,23,25). The molecule has 4 nitrogen and oxygen atoms in total. The van der Waals surface area contributed by atoms with Crippen LogP contribution in [-0.2, 0) is 15.8 Å². The number of benzene rings is 2. The van der Waals surface area contributed by atoms with Crippen molar-refractivity contribution in [3.05, 3.63) is 59.2 Å². The van der Waals surface area contributed by atoms with Gasteiger partial charge in [0, 0.05) is 30.6 Å². The van der Waals surface area contributed by atoms with Crippen LogP contribution < -0.4 is 10.6 Å². The third-order valence-electron chi connectivity index (χ3n) is 4.05. The Balaban J connectivity index is 1.96. The zero-order valence-electron chi connectivity index (χ0n) is 13.3. The van der Waals surface area contributed by atoms with Crippen LogP contribution in [0.5, 0.6) is 0 Å². The minimum absolute atomic E-state index is 0.151. The SMILES string of the molecule is CC(=O)Nc1ccc2c(c1)NC(=O)CC2c1ccc(C(F)(F)F)cc1. The van der Waals surface area contributed by atoms with Crippen molar-refractivity contribution in [2.24, 2.45) is 0 Å². The van der Waals surface area contributed by atoms with Crippen molar-refractivity contribution >= 4 is 23.2 Å². The lowest BCUT2D eigenvalue weighted by Gasteiger charge is -2.26. The lowest BCUT2D eigenvalue weighted by atomic mass is 9.84. The third kappa shape index (κ3) is 3.65. The number of alkyl halides is 3. The van der Waals surface area contributed by atoms with Crippen LogP contribution in [0.1, 0.15) is 36.0 Å². The minimum Gasteiger partial charge on any atom is -0.326 e. The Labute approximate surface area is 142 Å². The molecule has 7 heteroatoms. The maximum Gasteiger partial charge on any atom is 0.416 e. The molecule has 2 amide bonds. The summed E-state index contributed by atoms with van der Waals surface area (Å²) < 4.78 is 38.1. The smallest absolute Gasteiger partial charge is 0.326 e. The summed E-state index contributed by atoms with van der Waals surface area (Å²) >= 11 is 0. The maximum atomic E-state index is 12.7. The molecule has 1 atom stereocenters. The largest absolute Gasteiger partial charge is 0.416 e. The number of carbonyl (C=O) groups is 2. The predicted octanol–water partition coefficient (Wildman–Crippen LogP) is 4.14. The fourth-order valence-electron chi connectivity index (χ4n) is 2.95. The highest BCUT2D eigenvalue weighted by Gasteiger charge is 2.31. The fraction of sp³-hybridized carbons (Fsp3) is 0.222. The molecule has 1 aliphatic heterocycles. The Bertz CT molecular complexity index is 829. The summed E-state index contributed by atoms with van der Waals surface area (Å²) in [5.74, 6) is -0.795. The van der Waals surface area contributed by atoms with Crippen molar-refractivity contribution < 1.29 is 22.8 Å². The Morgan fingerprint density at radius 3 is 2.44 bits per heavy atom. The molecule has 1 unspecified atom stereocenters. The molecule has 2 aromatic rings.